The minimum absolute atomic E-state index is 0.0362. The van der Waals surface area contributed by atoms with Crippen LogP contribution < -0.4 is 4.74 Å². The van der Waals surface area contributed by atoms with Crippen molar-refractivity contribution in [2.75, 3.05) is 7.11 Å². The summed E-state index contributed by atoms with van der Waals surface area (Å²) < 4.78 is 9.13. The Kier molecular flexibility index (Phi) is 6.06. The van der Waals surface area contributed by atoms with Crippen LogP contribution in [0, 0.1) is 0 Å². The zero-order valence-corrected chi connectivity index (χ0v) is 17.2. The van der Waals surface area contributed by atoms with E-state index in [2.05, 4.69) is 37.0 Å². The van der Waals surface area contributed by atoms with Crippen molar-refractivity contribution in [2.45, 2.75) is 6.54 Å². The summed E-state index contributed by atoms with van der Waals surface area (Å²) in [5.41, 5.74) is 2.57. The quantitative estimate of drug-likeness (QED) is 0.356. The van der Waals surface area contributed by atoms with E-state index in [0.717, 1.165) is 25.8 Å². The van der Waals surface area contributed by atoms with Crippen molar-refractivity contribution >= 4 is 43.7 Å². The number of benzene rings is 2. The summed E-state index contributed by atoms with van der Waals surface area (Å²) in [4.78, 5) is 12.3. The van der Waals surface area contributed by atoms with E-state index in [9.17, 15) is 4.79 Å². The Bertz CT molecular complexity index is 947. The van der Waals surface area contributed by atoms with Crippen LogP contribution >= 0.6 is 31.9 Å². The predicted octanol–water partition coefficient (Wildman–Crippen LogP) is 5.36. The zero-order chi connectivity index (χ0) is 18.5. The molecule has 0 aliphatic rings. The van der Waals surface area contributed by atoms with Gasteiger partial charge in [-0.15, -0.1) is 0 Å². The van der Waals surface area contributed by atoms with Crippen molar-refractivity contribution in [3.05, 3.63) is 86.6 Å². The van der Waals surface area contributed by atoms with Gasteiger partial charge < -0.3 is 4.74 Å². The Morgan fingerprint density at radius 3 is 2.58 bits per heavy atom. The van der Waals surface area contributed by atoms with Crippen LogP contribution in [0.15, 0.2) is 69.9 Å². The Hall–Kier alpha value is -2.18. The summed E-state index contributed by atoms with van der Waals surface area (Å²) in [6.07, 6.45) is 7.04. The number of nitrogens with zero attached hydrogens (tertiary/aromatic N) is 2. The van der Waals surface area contributed by atoms with Gasteiger partial charge in [-0.3, -0.25) is 9.48 Å². The maximum Gasteiger partial charge on any atom is 0.185 e. The minimum atomic E-state index is -0.0362. The van der Waals surface area contributed by atoms with E-state index < -0.39 is 0 Å². The van der Waals surface area contributed by atoms with Gasteiger partial charge >= 0.3 is 0 Å². The van der Waals surface area contributed by atoms with Gasteiger partial charge in [0.05, 0.1) is 24.3 Å². The molecule has 0 unspecified atom stereocenters. The Morgan fingerprint density at radius 2 is 1.92 bits per heavy atom. The highest BCUT2D eigenvalue weighted by Gasteiger charge is 2.07. The van der Waals surface area contributed by atoms with E-state index in [4.69, 9.17) is 4.74 Å². The van der Waals surface area contributed by atoms with Crippen LogP contribution in [0.4, 0.5) is 0 Å². The number of halogens is 2. The first-order valence-electron chi connectivity index (χ1n) is 7.88. The number of ether oxygens (including phenoxy) is 1. The highest BCUT2D eigenvalue weighted by molar-refractivity contribution is 9.10. The summed E-state index contributed by atoms with van der Waals surface area (Å²) in [6.45, 7) is 0.580. The van der Waals surface area contributed by atoms with Crippen molar-refractivity contribution in [1.29, 1.82) is 0 Å². The summed E-state index contributed by atoms with van der Waals surface area (Å²) in [7, 11) is 1.64. The molecule has 0 saturated heterocycles. The van der Waals surface area contributed by atoms with Gasteiger partial charge in [0.1, 0.15) is 5.75 Å². The third kappa shape index (κ3) is 4.71. The maximum absolute atomic E-state index is 12.3. The summed E-state index contributed by atoms with van der Waals surface area (Å²) in [5, 5.41) is 4.28. The van der Waals surface area contributed by atoms with Gasteiger partial charge in [-0.05, 0) is 64.0 Å². The molecular formula is C20H16Br2N2O2. The lowest BCUT2D eigenvalue weighted by molar-refractivity contribution is 0.104. The molecule has 0 spiro atoms. The highest BCUT2D eigenvalue weighted by atomic mass is 79.9. The molecule has 26 heavy (non-hydrogen) atoms. The molecule has 4 nitrogen and oxygen atoms in total. The molecule has 0 aliphatic carbocycles. The van der Waals surface area contributed by atoms with Crippen LogP contribution in [0.25, 0.3) is 6.08 Å². The number of hydrogen-bond donors (Lipinski definition) is 0. The second kappa shape index (κ2) is 8.47. The third-order valence-electron chi connectivity index (χ3n) is 3.79. The van der Waals surface area contributed by atoms with Crippen LogP contribution in [0.1, 0.15) is 21.5 Å². The molecule has 0 radical (unpaired) electrons. The number of rotatable bonds is 6. The lowest BCUT2D eigenvalue weighted by atomic mass is 10.1. The van der Waals surface area contributed by atoms with Crippen molar-refractivity contribution in [3.63, 3.8) is 0 Å². The molecule has 0 atom stereocenters. The Labute approximate surface area is 168 Å². The van der Waals surface area contributed by atoms with Crippen LogP contribution in [-0.2, 0) is 6.54 Å². The first-order valence-corrected chi connectivity index (χ1v) is 9.46. The van der Waals surface area contributed by atoms with E-state index in [1.807, 2.05) is 47.3 Å². The molecule has 6 heteroatoms. The largest absolute Gasteiger partial charge is 0.496 e. The molecule has 0 bridgehead atoms. The number of hydrogen-bond acceptors (Lipinski definition) is 3. The first kappa shape index (κ1) is 18.6. The number of methoxy groups -OCH3 is 1. The lowest BCUT2D eigenvalue weighted by Gasteiger charge is -2.09. The topological polar surface area (TPSA) is 44.1 Å². The summed E-state index contributed by atoms with van der Waals surface area (Å²) >= 11 is 6.77. The van der Waals surface area contributed by atoms with Crippen LogP contribution in [0.3, 0.4) is 0 Å². The molecule has 0 saturated carbocycles. The van der Waals surface area contributed by atoms with Crippen molar-refractivity contribution in [1.82, 2.24) is 9.78 Å². The van der Waals surface area contributed by atoms with Crippen LogP contribution in [0.2, 0.25) is 0 Å². The summed E-state index contributed by atoms with van der Waals surface area (Å²) in [5.74, 6) is 0.749. The number of ketones is 1. The Balaban J connectivity index is 1.80. The van der Waals surface area contributed by atoms with Crippen molar-refractivity contribution in [2.24, 2.45) is 0 Å². The molecule has 2 aromatic carbocycles. The zero-order valence-electron chi connectivity index (χ0n) is 14.0. The molecule has 0 fully saturated rings. The fraction of sp³-hybridized carbons (Fsp3) is 0.100. The van der Waals surface area contributed by atoms with Crippen LogP contribution in [-0.4, -0.2) is 22.7 Å². The fourth-order valence-corrected chi connectivity index (χ4v) is 3.10. The van der Waals surface area contributed by atoms with Gasteiger partial charge in [0, 0.05) is 21.8 Å². The predicted molar refractivity (Wildman–Crippen MR) is 110 cm³/mol. The molecule has 3 aromatic rings. The molecular weight excluding hydrogens is 460 g/mol. The van der Waals surface area contributed by atoms with Crippen molar-refractivity contribution in [3.8, 4) is 5.75 Å². The normalized spacial score (nSPS) is 11.0. The molecule has 0 N–H and O–H groups in total. The van der Waals surface area contributed by atoms with Gasteiger partial charge in [0.15, 0.2) is 5.78 Å². The minimum Gasteiger partial charge on any atom is -0.496 e. The number of aromatic nitrogens is 2. The van der Waals surface area contributed by atoms with Crippen LogP contribution in [0.5, 0.6) is 5.75 Å². The first-order chi connectivity index (χ1) is 12.5. The van der Waals surface area contributed by atoms with Gasteiger partial charge in [-0.1, -0.05) is 28.1 Å². The van der Waals surface area contributed by atoms with Gasteiger partial charge in [0.25, 0.3) is 0 Å². The molecule has 0 amide bonds. The fourth-order valence-electron chi connectivity index (χ4n) is 2.51. The molecule has 1 heterocycles. The molecule has 1 aromatic heterocycles. The second-order valence-electron chi connectivity index (χ2n) is 5.63. The number of carbonyl (C=O) groups is 1. The SMILES string of the molecule is COc1ccc(/C=C/C(=O)c2ccc(Br)cc2)cc1Cn1cc(Br)cn1. The number of allylic oxidation sites excluding steroid dienone is 1. The second-order valence-corrected chi connectivity index (χ2v) is 7.46. The van der Waals surface area contributed by atoms with Gasteiger partial charge in [-0.25, -0.2) is 0 Å². The van der Waals surface area contributed by atoms with E-state index in [1.54, 1.807) is 31.5 Å². The monoisotopic (exact) mass is 474 g/mol. The Morgan fingerprint density at radius 1 is 1.15 bits per heavy atom. The summed E-state index contributed by atoms with van der Waals surface area (Å²) in [6, 6.07) is 13.1. The van der Waals surface area contributed by atoms with Gasteiger partial charge in [0.2, 0.25) is 0 Å². The average Bonchev–Trinajstić information content (AvgIpc) is 3.05. The van der Waals surface area contributed by atoms with E-state index >= 15 is 0 Å². The van der Waals surface area contributed by atoms with E-state index in [-0.39, 0.29) is 5.78 Å². The average molecular weight is 476 g/mol. The number of carbonyl (C=O) groups excluding carboxylic acids is 1. The smallest absolute Gasteiger partial charge is 0.185 e. The molecule has 3 rings (SSSR count). The highest BCUT2D eigenvalue weighted by Crippen LogP contribution is 2.22. The third-order valence-corrected chi connectivity index (χ3v) is 4.73. The van der Waals surface area contributed by atoms with Crippen molar-refractivity contribution < 1.29 is 9.53 Å². The molecule has 0 aliphatic heterocycles. The van der Waals surface area contributed by atoms with E-state index in [1.165, 1.54) is 0 Å². The lowest BCUT2D eigenvalue weighted by Crippen LogP contribution is -2.02. The maximum atomic E-state index is 12.3. The molecule has 132 valence electrons. The van der Waals surface area contributed by atoms with E-state index in [0.29, 0.717) is 12.1 Å². The standard InChI is InChI=1S/C20H16Br2N2O2/c1-26-20-9-3-14(10-16(20)12-24-13-18(22)11-23-24)2-8-19(25)15-4-6-17(21)7-5-15/h2-11,13H,12H2,1H3/b8-2+. The van der Waals surface area contributed by atoms with Gasteiger partial charge in [-0.2, -0.15) is 5.10 Å².